The molecule has 0 aliphatic heterocycles. The third kappa shape index (κ3) is 4.64. The van der Waals surface area contributed by atoms with Gasteiger partial charge in [0.2, 0.25) is 0 Å². The predicted molar refractivity (Wildman–Crippen MR) is 73.3 cm³/mol. The molecule has 2 N–H and O–H groups in total. The fourth-order valence-corrected chi connectivity index (χ4v) is 1.69. The van der Waals surface area contributed by atoms with Crippen molar-refractivity contribution in [3.05, 3.63) is 34.3 Å². The first kappa shape index (κ1) is 15.0. The van der Waals surface area contributed by atoms with Crippen molar-refractivity contribution in [2.75, 3.05) is 33.4 Å². The van der Waals surface area contributed by atoms with Crippen molar-refractivity contribution in [2.45, 2.75) is 6.92 Å². The number of aryl methyl sites for hydroxylation is 1. The lowest BCUT2D eigenvalue weighted by Gasteiger charge is -2.08. The standard InChI is InChI=1S/C13H19ClN2O2/c1-10-4-3-5-11(12(10)14)13(17)16-7-6-15-8-9-18-2/h3-5,15H,6-9H2,1-2H3,(H,16,17). The summed E-state index contributed by atoms with van der Waals surface area (Å²) in [5.74, 6) is -0.141. The molecular weight excluding hydrogens is 252 g/mol. The Bertz CT molecular complexity index is 397. The zero-order chi connectivity index (χ0) is 13.4. The summed E-state index contributed by atoms with van der Waals surface area (Å²) in [6.07, 6.45) is 0. The van der Waals surface area contributed by atoms with E-state index in [-0.39, 0.29) is 5.91 Å². The average molecular weight is 271 g/mol. The number of hydrogen-bond acceptors (Lipinski definition) is 3. The number of halogens is 1. The number of carbonyl (C=O) groups excluding carboxylic acids is 1. The van der Waals surface area contributed by atoms with Gasteiger partial charge in [-0.05, 0) is 18.6 Å². The Morgan fingerprint density at radius 3 is 2.83 bits per heavy atom. The van der Waals surface area contributed by atoms with Gasteiger partial charge in [0.15, 0.2) is 0 Å². The molecule has 1 aromatic carbocycles. The molecule has 1 amide bonds. The van der Waals surface area contributed by atoms with Crippen molar-refractivity contribution >= 4 is 17.5 Å². The zero-order valence-corrected chi connectivity index (χ0v) is 11.5. The highest BCUT2D eigenvalue weighted by Crippen LogP contribution is 2.19. The summed E-state index contributed by atoms with van der Waals surface area (Å²) in [5, 5.41) is 6.48. The van der Waals surface area contributed by atoms with E-state index in [1.54, 1.807) is 13.2 Å². The molecule has 0 aromatic heterocycles. The van der Waals surface area contributed by atoms with Gasteiger partial charge in [0.05, 0.1) is 17.2 Å². The summed E-state index contributed by atoms with van der Waals surface area (Å²) < 4.78 is 4.90. The minimum absolute atomic E-state index is 0.141. The lowest BCUT2D eigenvalue weighted by Crippen LogP contribution is -2.33. The van der Waals surface area contributed by atoms with Gasteiger partial charge in [0.1, 0.15) is 0 Å². The Labute approximate surface area is 113 Å². The van der Waals surface area contributed by atoms with E-state index in [9.17, 15) is 4.79 Å². The highest BCUT2D eigenvalue weighted by atomic mass is 35.5. The maximum atomic E-state index is 11.9. The van der Waals surface area contributed by atoms with E-state index in [2.05, 4.69) is 10.6 Å². The first-order valence-corrected chi connectivity index (χ1v) is 6.27. The number of nitrogens with one attached hydrogen (secondary N) is 2. The highest BCUT2D eigenvalue weighted by Gasteiger charge is 2.10. The lowest BCUT2D eigenvalue weighted by molar-refractivity contribution is 0.0954. The summed E-state index contributed by atoms with van der Waals surface area (Å²) >= 11 is 6.08. The molecule has 0 atom stereocenters. The van der Waals surface area contributed by atoms with Gasteiger partial charge in [-0.2, -0.15) is 0 Å². The van der Waals surface area contributed by atoms with E-state index in [0.29, 0.717) is 30.3 Å². The topological polar surface area (TPSA) is 50.4 Å². The van der Waals surface area contributed by atoms with Crippen LogP contribution in [0, 0.1) is 6.92 Å². The maximum absolute atomic E-state index is 11.9. The van der Waals surface area contributed by atoms with Gasteiger partial charge in [-0.3, -0.25) is 4.79 Å². The number of rotatable bonds is 7. The van der Waals surface area contributed by atoms with Crippen LogP contribution in [0.3, 0.4) is 0 Å². The molecule has 0 heterocycles. The van der Waals surface area contributed by atoms with Crippen molar-refractivity contribution in [1.29, 1.82) is 0 Å². The molecule has 0 fully saturated rings. The molecule has 0 saturated carbocycles. The molecule has 1 rings (SSSR count). The van der Waals surface area contributed by atoms with Crippen LogP contribution < -0.4 is 10.6 Å². The molecule has 4 nitrogen and oxygen atoms in total. The van der Waals surface area contributed by atoms with E-state index in [4.69, 9.17) is 16.3 Å². The van der Waals surface area contributed by atoms with E-state index in [1.165, 1.54) is 0 Å². The van der Waals surface area contributed by atoms with Crippen LogP contribution >= 0.6 is 11.6 Å². The summed E-state index contributed by atoms with van der Waals surface area (Å²) in [4.78, 5) is 11.9. The second-order valence-corrected chi connectivity index (χ2v) is 4.31. The molecule has 0 aliphatic carbocycles. The third-order valence-corrected chi connectivity index (χ3v) is 3.01. The summed E-state index contributed by atoms with van der Waals surface area (Å²) in [5.41, 5.74) is 1.43. The number of carbonyl (C=O) groups is 1. The van der Waals surface area contributed by atoms with Gasteiger partial charge in [-0.1, -0.05) is 23.7 Å². The van der Waals surface area contributed by atoms with Gasteiger partial charge in [-0.25, -0.2) is 0 Å². The van der Waals surface area contributed by atoms with Gasteiger partial charge in [0.25, 0.3) is 5.91 Å². The third-order valence-electron chi connectivity index (χ3n) is 2.51. The van der Waals surface area contributed by atoms with Crippen molar-refractivity contribution in [3.8, 4) is 0 Å². The first-order chi connectivity index (χ1) is 8.66. The minimum Gasteiger partial charge on any atom is -0.383 e. The van der Waals surface area contributed by atoms with Crippen LogP contribution in [0.15, 0.2) is 18.2 Å². The Hall–Kier alpha value is -1.10. The predicted octanol–water partition coefficient (Wildman–Crippen LogP) is 1.61. The monoisotopic (exact) mass is 270 g/mol. The van der Waals surface area contributed by atoms with Crippen LogP contribution in [0.4, 0.5) is 0 Å². The van der Waals surface area contributed by atoms with Crippen LogP contribution in [-0.2, 0) is 4.74 Å². The zero-order valence-electron chi connectivity index (χ0n) is 10.8. The van der Waals surface area contributed by atoms with E-state index in [0.717, 1.165) is 12.1 Å². The van der Waals surface area contributed by atoms with Gasteiger partial charge >= 0.3 is 0 Å². The highest BCUT2D eigenvalue weighted by molar-refractivity contribution is 6.34. The SMILES string of the molecule is COCCNCCNC(=O)c1cccc(C)c1Cl. The quantitative estimate of drug-likeness (QED) is 0.740. The molecule has 0 radical (unpaired) electrons. The normalized spacial score (nSPS) is 10.4. The van der Waals surface area contributed by atoms with Crippen molar-refractivity contribution in [3.63, 3.8) is 0 Å². The van der Waals surface area contributed by atoms with Gasteiger partial charge in [0, 0.05) is 26.7 Å². The molecule has 100 valence electrons. The second kappa shape index (κ2) is 8.08. The van der Waals surface area contributed by atoms with Crippen molar-refractivity contribution in [1.82, 2.24) is 10.6 Å². The first-order valence-electron chi connectivity index (χ1n) is 5.89. The lowest BCUT2D eigenvalue weighted by atomic mass is 10.1. The summed E-state index contributed by atoms with van der Waals surface area (Å²) in [6.45, 7) is 4.59. The molecule has 0 spiro atoms. The van der Waals surface area contributed by atoms with Crippen LogP contribution in [0.25, 0.3) is 0 Å². The van der Waals surface area contributed by atoms with Crippen molar-refractivity contribution < 1.29 is 9.53 Å². The second-order valence-electron chi connectivity index (χ2n) is 3.94. The number of benzene rings is 1. The van der Waals surface area contributed by atoms with Crippen LogP contribution in [-0.4, -0.2) is 39.3 Å². The fourth-order valence-electron chi connectivity index (χ4n) is 1.48. The minimum atomic E-state index is -0.141. The Balaban J connectivity index is 2.35. The number of methoxy groups -OCH3 is 1. The van der Waals surface area contributed by atoms with Gasteiger partial charge < -0.3 is 15.4 Å². The van der Waals surface area contributed by atoms with Crippen LogP contribution in [0.2, 0.25) is 5.02 Å². The van der Waals surface area contributed by atoms with Crippen molar-refractivity contribution in [2.24, 2.45) is 0 Å². The Morgan fingerprint density at radius 1 is 1.33 bits per heavy atom. The number of ether oxygens (including phenoxy) is 1. The molecule has 0 aliphatic rings. The Kier molecular flexibility index (Phi) is 6.72. The number of amides is 1. The molecule has 0 bridgehead atoms. The van der Waals surface area contributed by atoms with Gasteiger partial charge in [-0.15, -0.1) is 0 Å². The summed E-state index contributed by atoms with van der Waals surface area (Å²) in [7, 11) is 1.66. The average Bonchev–Trinajstić information content (AvgIpc) is 2.36. The molecule has 0 saturated heterocycles. The number of hydrogen-bond donors (Lipinski definition) is 2. The molecule has 5 heteroatoms. The molecule has 1 aromatic rings. The molecule has 18 heavy (non-hydrogen) atoms. The Morgan fingerprint density at radius 2 is 2.11 bits per heavy atom. The van der Waals surface area contributed by atoms with E-state index >= 15 is 0 Å². The largest absolute Gasteiger partial charge is 0.383 e. The van der Waals surface area contributed by atoms with E-state index in [1.807, 2.05) is 19.1 Å². The molecule has 0 unspecified atom stereocenters. The fraction of sp³-hybridized carbons (Fsp3) is 0.462. The van der Waals surface area contributed by atoms with E-state index < -0.39 is 0 Å². The molecular formula is C13H19ClN2O2. The van der Waals surface area contributed by atoms with Crippen LogP contribution in [0.1, 0.15) is 15.9 Å². The maximum Gasteiger partial charge on any atom is 0.252 e. The summed E-state index contributed by atoms with van der Waals surface area (Å²) in [6, 6.07) is 5.43. The smallest absolute Gasteiger partial charge is 0.252 e. The van der Waals surface area contributed by atoms with Crippen LogP contribution in [0.5, 0.6) is 0 Å².